The fourth-order valence-electron chi connectivity index (χ4n) is 4.63. The van der Waals surface area contributed by atoms with E-state index in [4.69, 9.17) is 4.74 Å². The SMILES string of the molecule is COC[C@@H](C)NC1CCC(CNC2C=C(C3=NCC=C(NCC4(C)CC4)N3)N=CN2)CC1. The predicted molar refractivity (Wildman–Crippen MR) is 131 cm³/mol. The van der Waals surface area contributed by atoms with Crippen LogP contribution < -0.4 is 26.6 Å². The molecule has 0 saturated heterocycles. The fourth-order valence-corrected chi connectivity index (χ4v) is 4.63. The lowest BCUT2D eigenvalue weighted by Crippen LogP contribution is -2.46. The van der Waals surface area contributed by atoms with Gasteiger partial charge in [-0.15, -0.1) is 0 Å². The van der Waals surface area contributed by atoms with Crippen molar-refractivity contribution in [2.45, 2.75) is 70.6 Å². The first-order valence-electron chi connectivity index (χ1n) is 12.3. The molecule has 4 aliphatic rings. The zero-order chi connectivity index (χ0) is 22.4. The minimum atomic E-state index is 0.0808. The summed E-state index contributed by atoms with van der Waals surface area (Å²) in [4.78, 5) is 9.15. The highest BCUT2D eigenvalue weighted by Gasteiger charge is 2.37. The summed E-state index contributed by atoms with van der Waals surface area (Å²) in [6.07, 6.45) is 13.7. The van der Waals surface area contributed by atoms with Gasteiger partial charge in [-0.25, -0.2) is 4.99 Å². The van der Waals surface area contributed by atoms with Crippen LogP contribution in [0.4, 0.5) is 0 Å². The van der Waals surface area contributed by atoms with Gasteiger partial charge >= 0.3 is 0 Å². The molecule has 2 atom stereocenters. The molecule has 0 aromatic rings. The third kappa shape index (κ3) is 6.80. The van der Waals surface area contributed by atoms with Crippen LogP contribution in [0.15, 0.2) is 33.7 Å². The van der Waals surface area contributed by atoms with Gasteiger partial charge < -0.3 is 26.0 Å². The Kier molecular flexibility index (Phi) is 7.86. The van der Waals surface area contributed by atoms with Crippen molar-refractivity contribution in [3.63, 3.8) is 0 Å². The standard InChI is InChI=1S/C24H41N7O/c1-17(14-32-3)30-19-6-4-18(5-7-19)13-26-22-12-20(28-16-29-22)23-25-11-8-21(31-23)27-15-24(2)9-10-24/h8,12,16-19,22,26-27,30H,4-7,9-11,13-15H2,1-3H3,(H,25,31)(H,28,29)/t17-,18?,19?,22?/m1/s1. The van der Waals surface area contributed by atoms with Crippen LogP contribution in [0.25, 0.3) is 0 Å². The van der Waals surface area contributed by atoms with Crippen LogP contribution >= 0.6 is 0 Å². The first-order valence-corrected chi connectivity index (χ1v) is 12.3. The largest absolute Gasteiger partial charge is 0.383 e. The van der Waals surface area contributed by atoms with Crippen molar-refractivity contribution in [2.75, 3.05) is 33.4 Å². The molecular weight excluding hydrogens is 402 g/mol. The maximum absolute atomic E-state index is 5.24. The Morgan fingerprint density at radius 3 is 2.81 bits per heavy atom. The number of aliphatic imine (C=N–C) groups is 2. The van der Waals surface area contributed by atoms with E-state index in [9.17, 15) is 0 Å². The van der Waals surface area contributed by atoms with Gasteiger partial charge in [0.1, 0.15) is 11.5 Å². The maximum atomic E-state index is 5.24. The zero-order valence-corrected chi connectivity index (χ0v) is 19.9. The summed E-state index contributed by atoms with van der Waals surface area (Å²) in [5, 5.41) is 17.7. The Hall–Kier alpha value is -1.90. The quantitative estimate of drug-likeness (QED) is 0.335. The second-order valence-corrected chi connectivity index (χ2v) is 10.2. The average molecular weight is 444 g/mol. The van der Waals surface area contributed by atoms with Crippen LogP contribution in [0.3, 0.4) is 0 Å². The monoisotopic (exact) mass is 443 g/mol. The third-order valence-corrected chi connectivity index (χ3v) is 7.04. The molecule has 0 aromatic heterocycles. The van der Waals surface area contributed by atoms with Gasteiger partial charge in [0.15, 0.2) is 5.84 Å². The van der Waals surface area contributed by atoms with Crippen molar-refractivity contribution in [1.29, 1.82) is 0 Å². The van der Waals surface area contributed by atoms with Gasteiger partial charge in [-0.2, -0.15) is 0 Å². The predicted octanol–water partition coefficient (Wildman–Crippen LogP) is 1.83. The second kappa shape index (κ2) is 10.8. The van der Waals surface area contributed by atoms with Crippen molar-refractivity contribution in [3.8, 4) is 0 Å². The lowest BCUT2D eigenvalue weighted by atomic mass is 9.85. The maximum Gasteiger partial charge on any atom is 0.153 e. The van der Waals surface area contributed by atoms with Crippen molar-refractivity contribution in [1.82, 2.24) is 26.6 Å². The van der Waals surface area contributed by atoms with Crippen LogP contribution in [0.5, 0.6) is 0 Å². The molecule has 0 spiro atoms. The van der Waals surface area contributed by atoms with Crippen molar-refractivity contribution in [3.05, 3.63) is 23.7 Å². The minimum Gasteiger partial charge on any atom is -0.383 e. The lowest BCUT2D eigenvalue weighted by Gasteiger charge is -2.32. The van der Waals surface area contributed by atoms with E-state index in [0.29, 0.717) is 24.0 Å². The molecule has 2 heterocycles. The van der Waals surface area contributed by atoms with Gasteiger partial charge in [-0.05, 0) is 68.9 Å². The zero-order valence-electron chi connectivity index (χ0n) is 19.9. The molecule has 2 aliphatic heterocycles. The van der Waals surface area contributed by atoms with E-state index >= 15 is 0 Å². The summed E-state index contributed by atoms with van der Waals surface area (Å²) >= 11 is 0. The number of ether oxygens (including phenoxy) is 1. The molecule has 2 fully saturated rings. The van der Waals surface area contributed by atoms with Gasteiger partial charge in [-0.1, -0.05) is 6.92 Å². The highest BCUT2D eigenvalue weighted by atomic mass is 16.5. The smallest absolute Gasteiger partial charge is 0.153 e. The summed E-state index contributed by atoms with van der Waals surface area (Å²) in [6.45, 7) is 8.01. The van der Waals surface area contributed by atoms with E-state index in [0.717, 1.165) is 43.0 Å². The molecule has 178 valence electrons. The normalized spacial score (nSPS) is 29.7. The van der Waals surface area contributed by atoms with E-state index in [1.54, 1.807) is 13.4 Å². The number of nitrogens with one attached hydrogen (secondary N) is 5. The molecule has 0 aromatic carbocycles. The molecule has 2 aliphatic carbocycles. The fraction of sp³-hybridized carbons (Fsp3) is 0.750. The van der Waals surface area contributed by atoms with Gasteiger partial charge in [0.2, 0.25) is 0 Å². The van der Waals surface area contributed by atoms with Crippen molar-refractivity contribution >= 4 is 12.2 Å². The summed E-state index contributed by atoms with van der Waals surface area (Å²) in [6, 6.07) is 1.05. The molecule has 8 heteroatoms. The Morgan fingerprint density at radius 1 is 1.25 bits per heavy atom. The van der Waals surface area contributed by atoms with Crippen molar-refractivity contribution < 1.29 is 4.74 Å². The Morgan fingerprint density at radius 2 is 2.06 bits per heavy atom. The number of hydrogen-bond acceptors (Lipinski definition) is 8. The Labute approximate surface area is 192 Å². The highest BCUT2D eigenvalue weighted by Crippen LogP contribution is 2.44. The molecule has 2 saturated carbocycles. The van der Waals surface area contributed by atoms with Crippen LogP contribution in [0, 0.1) is 11.3 Å². The van der Waals surface area contributed by atoms with Crippen LogP contribution in [-0.2, 0) is 4.74 Å². The van der Waals surface area contributed by atoms with Gasteiger partial charge in [0, 0.05) is 32.3 Å². The number of rotatable bonds is 11. The van der Waals surface area contributed by atoms with Crippen molar-refractivity contribution in [2.24, 2.45) is 21.3 Å². The van der Waals surface area contributed by atoms with Gasteiger partial charge in [0.05, 0.1) is 25.7 Å². The van der Waals surface area contributed by atoms with E-state index < -0.39 is 0 Å². The van der Waals surface area contributed by atoms with Crippen LogP contribution in [0.1, 0.15) is 52.4 Å². The molecule has 8 nitrogen and oxygen atoms in total. The molecule has 0 bridgehead atoms. The molecule has 0 radical (unpaired) electrons. The second-order valence-electron chi connectivity index (χ2n) is 10.2. The summed E-state index contributed by atoms with van der Waals surface area (Å²) in [7, 11) is 1.77. The van der Waals surface area contributed by atoms with E-state index in [-0.39, 0.29) is 6.17 Å². The minimum absolute atomic E-state index is 0.0808. The molecule has 4 rings (SSSR count). The molecular formula is C24H41N7O. The van der Waals surface area contributed by atoms with E-state index in [1.165, 1.54) is 38.5 Å². The summed E-state index contributed by atoms with van der Waals surface area (Å²) < 4.78 is 5.24. The number of hydrogen-bond donors (Lipinski definition) is 5. The number of amidine groups is 1. The van der Waals surface area contributed by atoms with Crippen LogP contribution in [0.2, 0.25) is 0 Å². The summed E-state index contributed by atoms with van der Waals surface area (Å²) in [5.41, 5.74) is 1.36. The Balaban J connectivity index is 1.19. The first-order chi connectivity index (χ1) is 15.5. The van der Waals surface area contributed by atoms with Gasteiger partial charge in [-0.3, -0.25) is 10.3 Å². The highest BCUT2D eigenvalue weighted by molar-refractivity contribution is 6.01. The Bertz CT molecular complexity index is 747. The molecule has 1 unspecified atom stereocenters. The lowest BCUT2D eigenvalue weighted by molar-refractivity contribution is 0.158. The topological polar surface area (TPSA) is 94.1 Å². The average Bonchev–Trinajstić information content (AvgIpc) is 3.55. The molecule has 0 amide bonds. The first kappa shape index (κ1) is 23.3. The third-order valence-electron chi connectivity index (χ3n) is 7.04. The number of methoxy groups -OCH3 is 1. The number of nitrogens with zero attached hydrogens (tertiary/aromatic N) is 2. The van der Waals surface area contributed by atoms with E-state index in [1.807, 2.05) is 0 Å². The molecule has 5 N–H and O–H groups in total. The van der Waals surface area contributed by atoms with E-state index in [2.05, 4.69) is 62.6 Å². The van der Waals surface area contributed by atoms with Crippen LogP contribution in [-0.4, -0.2) is 63.8 Å². The van der Waals surface area contributed by atoms with Gasteiger partial charge in [0.25, 0.3) is 0 Å². The molecule has 32 heavy (non-hydrogen) atoms. The summed E-state index contributed by atoms with van der Waals surface area (Å²) in [5.74, 6) is 2.61.